The van der Waals surface area contributed by atoms with Crippen LogP contribution in [0.15, 0.2) is 19.4 Å². The Balaban J connectivity index is 2.64. The molecule has 1 aromatic heterocycles. The van der Waals surface area contributed by atoms with Crippen molar-refractivity contribution in [2.75, 3.05) is 0 Å². The molecule has 0 atom stereocenters. The Morgan fingerprint density at radius 3 is 2.85 bits per heavy atom. The zero-order valence-electron chi connectivity index (χ0n) is 6.25. The number of thiocarbonyl (C=S) groups is 1. The highest BCUT2D eigenvalue weighted by atomic mass is 79.9. The molecule has 70 valence electrons. The first-order valence-electron chi connectivity index (χ1n) is 3.13. The van der Waals surface area contributed by atoms with Crippen LogP contribution in [-0.2, 0) is 0 Å². The van der Waals surface area contributed by atoms with Gasteiger partial charge in [-0.1, -0.05) is 0 Å². The lowest BCUT2D eigenvalue weighted by atomic mass is 10.5. The van der Waals surface area contributed by atoms with Gasteiger partial charge in [-0.05, 0) is 50.1 Å². The van der Waals surface area contributed by atoms with E-state index >= 15 is 0 Å². The van der Waals surface area contributed by atoms with E-state index in [9.17, 15) is 0 Å². The third-order valence-corrected chi connectivity index (χ3v) is 4.31. The summed E-state index contributed by atoms with van der Waals surface area (Å²) in [7, 11) is 0. The van der Waals surface area contributed by atoms with Crippen molar-refractivity contribution in [2.45, 2.75) is 0 Å². The summed E-state index contributed by atoms with van der Waals surface area (Å²) in [5.41, 5.74) is 7.66. The smallest absolute Gasteiger partial charge is 0.184 e. The van der Waals surface area contributed by atoms with Crippen molar-refractivity contribution in [3.8, 4) is 0 Å². The number of rotatable bonds is 2. The predicted octanol–water partition coefficient (Wildman–Crippen LogP) is 2.44. The molecule has 13 heavy (non-hydrogen) atoms. The summed E-state index contributed by atoms with van der Waals surface area (Å²) < 4.78 is 2.04. The van der Waals surface area contributed by atoms with Gasteiger partial charge in [0.2, 0.25) is 0 Å². The van der Waals surface area contributed by atoms with Crippen LogP contribution in [-0.4, -0.2) is 11.3 Å². The van der Waals surface area contributed by atoms with Crippen LogP contribution in [0.1, 0.15) is 4.88 Å². The Kier molecular flexibility index (Phi) is 4.30. The van der Waals surface area contributed by atoms with Crippen LogP contribution in [0.2, 0.25) is 0 Å². The fourth-order valence-corrected chi connectivity index (χ4v) is 2.60. The maximum atomic E-state index is 5.18. The molecule has 0 aliphatic heterocycles. The van der Waals surface area contributed by atoms with E-state index in [1.807, 2.05) is 6.07 Å². The second kappa shape index (κ2) is 5.04. The minimum Gasteiger partial charge on any atom is -0.375 e. The fourth-order valence-electron chi connectivity index (χ4n) is 0.586. The molecule has 0 saturated heterocycles. The largest absolute Gasteiger partial charge is 0.375 e. The highest BCUT2D eigenvalue weighted by Gasteiger charge is 2.00. The molecule has 0 unspecified atom stereocenters. The summed E-state index contributed by atoms with van der Waals surface area (Å²) >= 11 is 12.9. The Hall–Kier alpha value is 0.0200. The van der Waals surface area contributed by atoms with Crippen LogP contribution in [0, 0.1) is 0 Å². The molecule has 0 aromatic carbocycles. The second-order valence-electron chi connectivity index (χ2n) is 2.00. The van der Waals surface area contributed by atoms with Gasteiger partial charge in [0, 0.05) is 9.35 Å². The molecule has 3 N–H and O–H groups in total. The number of hydrogen-bond acceptors (Lipinski definition) is 3. The van der Waals surface area contributed by atoms with Crippen LogP contribution in [0.25, 0.3) is 0 Å². The van der Waals surface area contributed by atoms with E-state index in [0.29, 0.717) is 0 Å². The molecular formula is C6H5Br2N3S2. The van der Waals surface area contributed by atoms with Crippen LogP contribution in [0.3, 0.4) is 0 Å². The lowest BCUT2D eigenvalue weighted by Gasteiger charge is -1.91. The molecule has 3 nitrogen and oxygen atoms in total. The molecule has 0 fully saturated rings. The number of halogens is 2. The van der Waals surface area contributed by atoms with Crippen molar-refractivity contribution in [2.24, 2.45) is 10.8 Å². The molecule has 7 heteroatoms. The van der Waals surface area contributed by atoms with Crippen LogP contribution in [0.5, 0.6) is 0 Å². The van der Waals surface area contributed by atoms with Gasteiger partial charge in [-0.25, -0.2) is 0 Å². The van der Waals surface area contributed by atoms with E-state index in [1.165, 1.54) is 0 Å². The summed E-state index contributed by atoms with van der Waals surface area (Å²) in [6.07, 6.45) is 1.65. The maximum absolute atomic E-state index is 5.18. The van der Waals surface area contributed by atoms with Gasteiger partial charge in [-0.15, -0.1) is 11.3 Å². The minimum absolute atomic E-state index is 0.158. The lowest BCUT2D eigenvalue weighted by Crippen LogP contribution is -2.23. The molecule has 1 rings (SSSR count). The highest BCUT2D eigenvalue weighted by Crippen LogP contribution is 2.31. The predicted molar refractivity (Wildman–Crippen MR) is 67.2 cm³/mol. The van der Waals surface area contributed by atoms with E-state index < -0.39 is 0 Å². The quantitative estimate of drug-likeness (QED) is 0.493. The number of hydrazone groups is 1. The molecule has 0 bridgehead atoms. The molecule has 0 aliphatic carbocycles. The Morgan fingerprint density at radius 1 is 1.69 bits per heavy atom. The maximum Gasteiger partial charge on any atom is 0.184 e. The number of thiophene rings is 1. The Morgan fingerprint density at radius 2 is 2.38 bits per heavy atom. The summed E-state index contributed by atoms with van der Waals surface area (Å²) in [5.74, 6) is 0. The lowest BCUT2D eigenvalue weighted by molar-refractivity contribution is 1.04. The number of nitrogens with two attached hydrogens (primary N) is 1. The SMILES string of the molecule is NC(=S)NN=Cc1cc(Br)c(Br)s1. The summed E-state index contributed by atoms with van der Waals surface area (Å²) in [6.45, 7) is 0. The van der Waals surface area contributed by atoms with Crippen molar-refractivity contribution in [1.82, 2.24) is 5.43 Å². The van der Waals surface area contributed by atoms with Gasteiger partial charge in [0.25, 0.3) is 0 Å². The van der Waals surface area contributed by atoms with Crippen molar-refractivity contribution in [3.05, 3.63) is 19.2 Å². The monoisotopic (exact) mass is 341 g/mol. The van der Waals surface area contributed by atoms with E-state index in [-0.39, 0.29) is 5.11 Å². The average molecular weight is 343 g/mol. The van der Waals surface area contributed by atoms with E-state index in [0.717, 1.165) is 13.1 Å². The zero-order chi connectivity index (χ0) is 9.84. The number of nitrogens with one attached hydrogen (secondary N) is 1. The van der Waals surface area contributed by atoms with Gasteiger partial charge in [0.05, 0.1) is 10.0 Å². The molecule has 1 heterocycles. The average Bonchev–Trinajstić information content (AvgIpc) is 2.30. The van der Waals surface area contributed by atoms with Crippen molar-refractivity contribution in [1.29, 1.82) is 0 Å². The first-order chi connectivity index (χ1) is 6.09. The molecule has 0 amide bonds. The van der Waals surface area contributed by atoms with Crippen LogP contribution < -0.4 is 11.2 Å². The minimum atomic E-state index is 0.158. The van der Waals surface area contributed by atoms with Crippen LogP contribution >= 0.6 is 55.4 Å². The summed E-state index contributed by atoms with van der Waals surface area (Å²) in [6, 6.07) is 1.94. The highest BCUT2D eigenvalue weighted by molar-refractivity contribution is 9.13. The summed E-state index contributed by atoms with van der Waals surface area (Å²) in [4.78, 5) is 1.00. The van der Waals surface area contributed by atoms with Crippen molar-refractivity contribution >= 4 is 66.7 Å². The van der Waals surface area contributed by atoms with E-state index in [1.54, 1.807) is 17.6 Å². The first kappa shape index (κ1) is 11.1. The number of hydrogen-bond donors (Lipinski definition) is 2. The third-order valence-electron chi connectivity index (χ3n) is 1.03. The van der Waals surface area contributed by atoms with Crippen LogP contribution in [0.4, 0.5) is 0 Å². The second-order valence-corrected chi connectivity index (χ2v) is 5.70. The molecule has 1 aromatic rings. The normalized spacial score (nSPS) is 10.6. The van der Waals surface area contributed by atoms with Gasteiger partial charge >= 0.3 is 0 Å². The van der Waals surface area contributed by atoms with E-state index in [2.05, 4.69) is 54.6 Å². The van der Waals surface area contributed by atoms with Crippen molar-refractivity contribution in [3.63, 3.8) is 0 Å². The Bertz CT molecular complexity index is 328. The molecule has 0 spiro atoms. The molecule has 0 radical (unpaired) electrons. The zero-order valence-corrected chi connectivity index (χ0v) is 11.1. The first-order valence-corrected chi connectivity index (χ1v) is 5.94. The Labute approximate surface area is 102 Å². The van der Waals surface area contributed by atoms with Gasteiger partial charge in [-0.3, -0.25) is 5.43 Å². The molecule has 0 aliphatic rings. The van der Waals surface area contributed by atoms with E-state index in [4.69, 9.17) is 5.73 Å². The summed E-state index contributed by atoms with van der Waals surface area (Å²) in [5, 5.41) is 3.98. The van der Waals surface area contributed by atoms with Gasteiger partial charge < -0.3 is 5.73 Å². The topological polar surface area (TPSA) is 50.4 Å². The molecular weight excluding hydrogens is 338 g/mol. The fraction of sp³-hybridized carbons (Fsp3) is 0. The molecule has 0 saturated carbocycles. The van der Waals surface area contributed by atoms with Crippen molar-refractivity contribution < 1.29 is 0 Å². The third kappa shape index (κ3) is 3.72. The standard InChI is InChI=1S/C6H5Br2N3S2/c7-4-1-3(13-5(4)8)2-10-11-6(9)12/h1-2H,(H3,9,11,12). The van der Waals surface area contributed by atoms with Gasteiger partial charge in [0.15, 0.2) is 5.11 Å². The van der Waals surface area contributed by atoms with Gasteiger partial charge in [-0.2, -0.15) is 5.10 Å². The number of nitrogens with zero attached hydrogens (tertiary/aromatic N) is 1. The van der Waals surface area contributed by atoms with Gasteiger partial charge in [0.1, 0.15) is 0 Å².